The Morgan fingerprint density at radius 1 is 1.22 bits per heavy atom. The van der Waals surface area contributed by atoms with E-state index >= 15 is 0 Å². The standard InChI is InChI=1S/C19H20ClFN2O3S/c1-13-4-9-17(11-18(13)20)27(25,26)23-10-2-3-14(12-23)19(24)22-16-7-5-15(21)6-8-16/h4-9,11,14H,2-3,10,12H2,1H3,(H,22,24)/t14-/m0/s1. The number of hydrogen-bond donors (Lipinski definition) is 1. The molecule has 27 heavy (non-hydrogen) atoms. The number of carbonyl (C=O) groups excluding carboxylic acids is 1. The Bertz CT molecular complexity index is 948. The van der Waals surface area contributed by atoms with Crippen molar-refractivity contribution < 1.29 is 17.6 Å². The monoisotopic (exact) mass is 410 g/mol. The Kier molecular flexibility index (Phi) is 5.83. The minimum Gasteiger partial charge on any atom is -0.326 e. The van der Waals surface area contributed by atoms with E-state index in [1.165, 1.54) is 40.7 Å². The molecule has 144 valence electrons. The van der Waals surface area contributed by atoms with Crippen LogP contribution < -0.4 is 5.32 Å². The van der Waals surface area contributed by atoms with E-state index in [9.17, 15) is 17.6 Å². The van der Waals surface area contributed by atoms with Gasteiger partial charge in [-0.05, 0) is 61.7 Å². The van der Waals surface area contributed by atoms with Gasteiger partial charge in [-0.1, -0.05) is 17.7 Å². The number of piperidine rings is 1. The van der Waals surface area contributed by atoms with Crippen molar-refractivity contribution in [2.75, 3.05) is 18.4 Å². The lowest BCUT2D eigenvalue weighted by Gasteiger charge is -2.31. The molecule has 1 amide bonds. The Morgan fingerprint density at radius 2 is 1.93 bits per heavy atom. The molecular weight excluding hydrogens is 391 g/mol. The van der Waals surface area contributed by atoms with Gasteiger partial charge >= 0.3 is 0 Å². The smallest absolute Gasteiger partial charge is 0.243 e. The minimum absolute atomic E-state index is 0.0981. The molecule has 1 aliphatic heterocycles. The molecule has 0 bridgehead atoms. The van der Waals surface area contributed by atoms with Gasteiger partial charge in [0.2, 0.25) is 15.9 Å². The molecule has 8 heteroatoms. The highest BCUT2D eigenvalue weighted by Gasteiger charge is 2.33. The number of nitrogens with one attached hydrogen (secondary N) is 1. The van der Waals surface area contributed by atoms with Crippen molar-refractivity contribution in [3.63, 3.8) is 0 Å². The van der Waals surface area contributed by atoms with Gasteiger partial charge in [-0.3, -0.25) is 4.79 Å². The number of carbonyl (C=O) groups is 1. The number of sulfonamides is 1. The van der Waals surface area contributed by atoms with Gasteiger partial charge in [0.25, 0.3) is 0 Å². The first-order chi connectivity index (χ1) is 12.8. The molecule has 2 aromatic carbocycles. The summed E-state index contributed by atoms with van der Waals surface area (Å²) in [5.41, 5.74) is 1.28. The Balaban J connectivity index is 1.73. The van der Waals surface area contributed by atoms with Crippen LogP contribution in [0.3, 0.4) is 0 Å². The average Bonchev–Trinajstić information content (AvgIpc) is 2.66. The molecule has 1 fully saturated rings. The van der Waals surface area contributed by atoms with Crippen LogP contribution in [-0.2, 0) is 14.8 Å². The van der Waals surface area contributed by atoms with Gasteiger partial charge in [0.1, 0.15) is 5.82 Å². The highest BCUT2D eigenvalue weighted by molar-refractivity contribution is 7.89. The molecule has 3 rings (SSSR count). The maximum Gasteiger partial charge on any atom is 0.243 e. The van der Waals surface area contributed by atoms with Crippen molar-refractivity contribution in [1.82, 2.24) is 4.31 Å². The van der Waals surface area contributed by atoms with E-state index in [1.54, 1.807) is 13.0 Å². The number of amides is 1. The number of nitrogens with zero attached hydrogens (tertiary/aromatic N) is 1. The lowest BCUT2D eigenvalue weighted by molar-refractivity contribution is -0.120. The fraction of sp³-hybridized carbons (Fsp3) is 0.316. The Morgan fingerprint density at radius 3 is 2.59 bits per heavy atom. The van der Waals surface area contributed by atoms with Crippen LogP contribution in [0.15, 0.2) is 47.4 Å². The quantitative estimate of drug-likeness (QED) is 0.833. The van der Waals surface area contributed by atoms with Crippen LogP contribution in [0, 0.1) is 18.7 Å². The number of anilines is 1. The number of benzene rings is 2. The van der Waals surface area contributed by atoms with Crippen molar-refractivity contribution in [2.24, 2.45) is 5.92 Å². The second kappa shape index (κ2) is 7.96. The zero-order valence-electron chi connectivity index (χ0n) is 14.8. The molecule has 0 radical (unpaired) electrons. The summed E-state index contributed by atoms with van der Waals surface area (Å²) in [5, 5.41) is 3.11. The van der Waals surface area contributed by atoms with Gasteiger partial charge in [-0.15, -0.1) is 0 Å². The van der Waals surface area contributed by atoms with E-state index in [4.69, 9.17) is 11.6 Å². The molecule has 0 spiro atoms. The molecule has 1 atom stereocenters. The number of halogens is 2. The van der Waals surface area contributed by atoms with Crippen LogP contribution in [0.25, 0.3) is 0 Å². The van der Waals surface area contributed by atoms with E-state index < -0.39 is 15.9 Å². The molecule has 0 unspecified atom stereocenters. The van der Waals surface area contributed by atoms with E-state index in [1.807, 2.05) is 0 Å². The fourth-order valence-corrected chi connectivity index (χ4v) is 4.83. The summed E-state index contributed by atoms with van der Waals surface area (Å²) < 4.78 is 40.1. The third-order valence-electron chi connectivity index (χ3n) is 4.65. The normalized spacial score (nSPS) is 18.3. The molecule has 1 N–H and O–H groups in total. The molecule has 5 nitrogen and oxygen atoms in total. The minimum atomic E-state index is -3.73. The summed E-state index contributed by atoms with van der Waals surface area (Å²) in [7, 11) is -3.73. The van der Waals surface area contributed by atoms with Crippen LogP contribution in [-0.4, -0.2) is 31.7 Å². The van der Waals surface area contributed by atoms with Crippen LogP contribution in [0.4, 0.5) is 10.1 Å². The van der Waals surface area contributed by atoms with Crippen LogP contribution >= 0.6 is 11.6 Å². The SMILES string of the molecule is Cc1ccc(S(=O)(=O)N2CCC[C@H](C(=O)Nc3ccc(F)cc3)C2)cc1Cl. The average molecular weight is 411 g/mol. The molecule has 0 aromatic heterocycles. The fourth-order valence-electron chi connectivity index (χ4n) is 3.04. The predicted octanol–water partition coefficient (Wildman–Crippen LogP) is 3.83. The number of rotatable bonds is 4. The van der Waals surface area contributed by atoms with Crippen molar-refractivity contribution in [1.29, 1.82) is 0 Å². The zero-order valence-corrected chi connectivity index (χ0v) is 16.4. The zero-order chi connectivity index (χ0) is 19.6. The first-order valence-corrected chi connectivity index (χ1v) is 10.4. The topological polar surface area (TPSA) is 66.5 Å². The maximum atomic E-state index is 13.0. The van der Waals surface area contributed by atoms with Gasteiger partial charge in [-0.2, -0.15) is 4.31 Å². The summed E-state index contributed by atoms with van der Waals surface area (Å²) in [6.07, 6.45) is 1.17. The lowest BCUT2D eigenvalue weighted by Crippen LogP contribution is -2.43. The second-order valence-corrected chi connectivity index (χ2v) is 8.95. The van der Waals surface area contributed by atoms with E-state index in [0.717, 1.165) is 5.56 Å². The molecule has 0 aliphatic carbocycles. The second-order valence-electron chi connectivity index (χ2n) is 6.61. The Labute approximate surface area is 163 Å². The van der Waals surface area contributed by atoms with E-state index in [2.05, 4.69) is 5.32 Å². The van der Waals surface area contributed by atoms with Gasteiger partial charge in [-0.25, -0.2) is 12.8 Å². The lowest BCUT2D eigenvalue weighted by atomic mass is 9.99. The van der Waals surface area contributed by atoms with Crippen molar-refractivity contribution >= 4 is 33.2 Å². The highest BCUT2D eigenvalue weighted by Crippen LogP contribution is 2.27. The van der Waals surface area contributed by atoms with Crippen LogP contribution in [0.1, 0.15) is 18.4 Å². The molecule has 2 aromatic rings. The Hall–Kier alpha value is -1.96. The first kappa shape index (κ1) is 19.8. The van der Waals surface area contributed by atoms with E-state index in [0.29, 0.717) is 30.1 Å². The summed E-state index contributed by atoms with van der Waals surface area (Å²) in [4.78, 5) is 12.6. The van der Waals surface area contributed by atoms with Gasteiger partial charge in [0.15, 0.2) is 0 Å². The van der Waals surface area contributed by atoms with Gasteiger partial charge in [0, 0.05) is 23.8 Å². The number of aryl methyl sites for hydroxylation is 1. The predicted molar refractivity (Wildman–Crippen MR) is 103 cm³/mol. The molecule has 1 saturated heterocycles. The van der Waals surface area contributed by atoms with Crippen molar-refractivity contribution in [3.8, 4) is 0 Å². The van der Waals surface area contributed by atoms with Gasteiger partial charge < -0.3 is 5.32 Å². The maximum absolute atomic E-state index is 13.0. The number of hydrogen-bond acceptors (Lipinski definition) is 3. The molecule has 1 aliphatic rings. The third kappa shape index (κ3) is 4.48. The highest BCUT2D eigenvalue weighted by atomic mass is 35.5. The summed E-state index contributed by atoms with van der Waals surface area (Å²) in [6.45, 7) is 2.25. The van der Waals surface area contributed by atoms with Crippen molar-refractivity contribution in [2.45, 2.75) is 24.7 Å². The molecule has 0 saturated carbocycles. The van der Waals surface area contributed by atoms with Crippen LogP contribution in [0.5, 0.6) is 0 Å². The van der Waals surface area contributed by atoms with Gasteiger partial charge in [0.05, 0.1) is 10.8 Å². The molecular formula is C19H20ClFN2O3S. The first-order valence-electron chi connectivity index (χ1n) is 8.60. The van der Waals surface area contributed by atoms with Crippen molar-refractivity contribution in [3.05, 3.63) is 58.9 Å². The van der Waals surface area contributed by atoms with Crippen LogP contribution in [0.2, 0.25) is 5.02 Å². The summed E-state index contributed by atoms with van der Waals surface area (Å²) in [6, 6.07) is 10.1. The van der Waals surface area contributed by atoms with E-state index in [-0.39, 0.29) is 23.2 Å². The summed E-state index contributed by atoms with van der Waals surface area (Å²) in [5.74, 6) is -1.14. The largest absolute Gasteiger partial charge is 0.326 e. The summed E-state index contributed by atoms with van der Waals surface area (Å²) >= 11 is 6.07. The third-order valence-corrected chi connectivity index (χ3v) is 6.92. The molecule has 1 heterocycles.